The smallest absolute Gasteiger partial charge is 0.0203 e. The first kappa shape index (κ1) is 39.8. The fourth-order valence-corrected chi connectivity index (χ4v) is 5.99. The van der Waals surface area contributed by atoms with Crippen LogP contribution in [0.15, 0.2) is 0 Å². The van der Waals surface area contributed by atoms with Crippen LogP contribution in [0.5, 0.6) is 0 Å². The molecule has 0 amide bonds. The Bertz CT molecular complexity index is 400. The zero-order valence-electron chi connectivity index (χ0n) is 26.9. The van der Waals surface area contributed by atoms with Crippen molar-refractivity contribution in [2.45, 2.75) is 186 Å². The van der Waals surface area contributed by atoms with Gasteiger partial charge in [0.25, 0.3) is 0 Å². The lowest BCUT2D eigenvalue weighted by molar-refractivity contribution is 0.104. The first-order chi connectivity index (χ1) is 17.5. The minimum absolute atomic E-state index is 0. The number of rotatable bonds is 29. The number of nitrogens with zero attached hydrogens (tertiary/aromatic N) is 2. The molecule has 0 saturated heterocycles. The molecule has 0 bridgehead atoms. The summed E-state index contributed by atoms with van der Waals surface area (Å²) < 4.78 is 0. The Morgan fingerprint density at radius 2 is 0.649 bits per heavy atom. The van der Waals surface area contributed by atoms with Crippen LogP contribution in [-0.4, -0.2) is 50.1 Å². The van der Waals surface area contributed by atoms with E-state index in [4.69, 9.17) is 0 Å². The van der Waals surface area contributed by atoms with E-state index in [0.29, 0.717) is 5.54 Å². The van der Waals surface area contributed by atoms with Crippen molar-refractivity contribution in [2.24, 2.45) is 0 Å². The van der Waals surface area contributed by atoms with Gasteiger partial charge >= 0.3 is 0 Å². The summed E-state index contributed by atoms with van der Waals surface area (Å²) in [5.41, 5.74) is 0.443. The van der Waals surface area contributed by atoms with E-state index in [1.54, 1.807) is 0 Å². The minimum Gasteiger partial charge on any atom is -0.309 e. The molecular weight excluding hydrogens is 563 g/mol. The highest BCUT2D eigenvalue weighted by atomic mass is 127. The van der Waals surface area contributed by atoms with Crippen LogP contribution in [0.4, 0.5) is 0 Å². The quantitative estimate of drug-likeness (QED) is 0.0595. The normalized spacial score (nSPS) is 12.0. The highest BCUT2D eigenvalue weighted by Crippen LogP contribution is 2.33. The van der Waals surface area contributed by atoms with E-state index in [9.17, 15) is 0 Å². The summed E-state index contributed by atoms with van der Waals surface area (Å²) in [5, 5.41) is 0. The summed E-state index contributed by atoms with van der Waals surface area (Å²) in [5.74, 6) is 0. The predicted molar refractivity (Wildman–Crippen MR) is 182 cm³/mol. The molecule has 0 aliphatic heterocycles. The van der Waals surface area contributed by atoms with Gasteiger partial charge in [-0.1, -0.05) is 155 Å². The summed E-state index contributed by atoms with van der Waals surface area (Å²) >= 11 is 0. The second kappa shape index (κ2) is 29.6. The van der Waals surface area contributed by atoms with Gasteiger partial charge in [0, 0.05) is 5.54 Å². The summed E-state index contributed by atoms with van der Waals surface area (Å²) in [6.45, 7) is 5.87. The largest absolute Gasteiger partial charge is 0.309 e. The van der Waals surface area contributed by atoms with Gasteiger partial charge in [-0.15, -0.1) is 24.0 Å². The molecule has 0 aromatic heterocycles. The van der Waals surface area contributed by atoms with Crippen LogP contribution in [0.2, 0.25) is 0 Å². The van der Waals surface area contributed by atoms with Crippen molar-refractivity contribution < 1.29 is 0 Å². The van der Waals surface area contributed by atoms with Gasteiger partial charge in [-0.05, 0) is 60.4 Å². The summed E-state index contributed by atoms with van der Waals surface area (Å²) in [4.78, 5) is 4.98. The lowest BCUT2D eigenvalue weighted by atomic mass is 9.80. The van der Waals surface area contributed by atoms with Gasteiger partial charge in [0.2, 0.25) is 0 Å². The molecule has 0 aliphatic rings. The van der Waals surface area contributed by atoms with Gasteiger partial charge < -0.3 is 9.80 Å². The third kappa shape index (κ3) is 25.4. The second-order valence-electron chi connectivity index (χ2n) is 12.6. The van der Waals surface area contributed by atoms with E-state index in [-0.39, 0.29) is 24.0 Å². The Labute approximate surface area is 253 Å². The van der Waals surface area contributed by atoms with Crippen LogP contribution in [0, 0.1) is 0 Å². The molecule has 226 valence electrons. The van der Waals surface area contributed by atoms with Gasteiger partial charge in [0.1, 0.15) is 0 Å². The summed E-state index contributed by atoms with van der Waals surface area (Å²) in [6, 6.07) is 0. The van der Waals surface area contributed by atoms with Crippen molar-refractivity contribution in [1.82, 2.24) is 9.80 Å². The van der Waals surface area contributed by atoms with Crippen molar-refractivity contribution in [3.05, 3.63) is 0 Å². The zero-order valence-corrected chi connectivity index (χ0v) is 29.2. The molecule has 0 radical (unpaired) electrons. The van der Waals surface area contributed by atoms with Gasteiger partial charge in [-0.3, -0.25) is 0 Å². The van der Waals surface area contributed by atoms with E-state index < -0.39 is 0 Å². The zero-order chi connectivity index (χ0) is 26.7. The maximum atomic E-state index is 2.64. The van der Waals surface area contributed by atoms with Crippen molar-refractivity contribution >= 4 is 24.0 Å². The van der Waals surface area contributed by atoms with Gasteiger partial charge in [-0.25, -0.2) is 0 Å². The maximum Gasteiger partial charge on any atom is 0.0203 e. The van der Waals surface area contributed by atoms with Crippen LogP contribution in [0.25, 0.3) is 0 Å². The van der Waals surface area contributed by atoms with Crippen LogP contribution in [0.3, 0.4) is 0 Å². The Balaban J connectivity index is 0. The Morgan fingerprint density at radius 1 is 0.378 bits per heavy atom. The third-order valence-electron chi connectivity index (χ3n) is 8.69. The molecule has 0 spiro atoms. The van der Waals surface area contributed by atoms with Crippen molar-refractivity contribution in [3.8, 4) is 0 Å². The molecule has 0 saturated carbocycles. The maximum absolute atomic E-state index is 2.64. The number of hydrogen-bond acceptors (Lipinski definition) is 2. The molecule has 0 aromatic carbocycles. The van der Waals surface area contributed by atoms with Crippen LogP contribution in [-0.2, 0) is 0 Å². The molecular formula is C34H73IN2. The van der Waals surface area contributed by atoms with E-state index in [0.717, 1.165) is 0 Å². The van der Waals surface area contributed by atoms with Crippen molar-refractivity contribution in [1.29, 1.82) is 0 Å². The van der Waals surface area contributed by atoms with Crippen LogP contribution in [0.1, 0.15) is 181 Å². The molecule has 37 heavy (non-hydrogen) atoms. The average Bonchev–Trinajstić information content (AvgIpc) is 2.85. The third-order valence-corrected chi connectivity index (χ3v) is 8.69. The Kier molecular flexibility index (Phi) is 31.9. The van der Waals surface area contributed by atoms with Crippen LogP contribution < -0.4 is 0 Å². The average molecular weight is 637 g/mol. The highest BCUT2D eigenvalue weighted by Gasteiger charge is 2.30. The number of hydrogen-bond donors (Lipinski definition) is 0. The fourth-order valence-electron chi connectivity index (χ4n) is 5.99. The van der Waals surface area contributed by atoms with Crippen LogP contribution >= 0.6 is 24.0 Å². The van der Waals surface area contributed by atoms with E-state index >= 15 is 0 Å². The Hall–Kier alpha value is 0.650. The fraction of sp³-hybridized carbons (Fsp3) is 1.00. The molecule has 0 aliphatic carbocycles. The van der Waals surface area contributed by atoms with Gasteiger partial charge in [0.15, 0.2) is 0 Å². The summed E-state index contributed by atoms with van der Waals surface area (Å²) in [7, 11) is 9.18. The van der Waals surface area contributed by atoms with E-state index in [1.165, 1.54) is 173 Å². The van der Waals surface area contributed by atoms with E-state index in [2.05, 4.69) is 51.8 Å². The SMILES string of the molecule is CCCCCCCCCCCCC(CCCCCCCCCCCC)(CCCCCN(C)C)N(C)C.I. The first-order valence-corrected chi connectivity index (χ1v) is 16.8. The van der Waals surface area contributed by atoms with E-state index in [1.807, 2.05) is 0 Å². The molecule has 0 rings (SSSR count). The minimum atomic E-state index is 0. The predicted octanol–water partition coefficient (Wildman–Crippen LogP) is 11.6. The number of unbranched alkanes of at least 4 members (excludes halogenated alkanes) is 20. The molecule has 0 heterocycles. The molecule has 0 aromatic rings. The Morgan fingerprint density at radius 3 is 0.919 bits per heavy atom. The van der Waals surface area contributed by atoms with Crippen molar-refractivity contribution in [2.75, 3.05) is 34.7 Å². The molecule has 0 N–H and O–H groups in total. The summed E-state index contributed by atoms with van der Waals surface area (Å²) in [6.07, 6.45) is 37.3. The molecule has 2 nitrogen and oxygen atoms in total. The topological polar surface area (TPSA) is 6.48 Å². The lowest BCUT2D eigenvalue weighted by Gasteiger charge is -2.41. The standard InChI is InChI=1S/C34H72N2.HI/c1-7-9-11-13-15-17-19-21-23-26-30-34(36(5)6,32-28-25-29-33-35(3)4)31-27-24-22-20-18-16-14-12-10-8-2;/h7-33H2,1-6H3;1H. The lowest BCUT2D eigenvalue weighted by Crippen LogP contribution is -2.44. The molecule has 0 fully saturated rings. The van der Waals surface area contributed by atoms with Gasteiger partial charge in [-0.2, -0.15) is 0 Å². The molecule has 0 atom stereocenters. The molecule has 3 heteroatoms. The molecule has 0 unspecified atom stereocenters. The van der Waals surface area contributed by atoms with Crippen molar-refractivity contribution in [3.63, 3.8) is 0 Å². The number of halogens is 1. The monoisotopic (exact) mass is 636 g/mol. The first-order valence-electron chi connectivity index (χ1n) is 16.8. The highest BCUT2D eigenvalue weighted by molar-refractivity contribution is 14.0. The van der Waals surface area contributed by atoms with Gasteiger partial charge in [0.05, 0.1) is 0 Å². The second-order valence-corrected chi connectivity index (χ2v) is 12.6.